The molecule has 0 aliphatic heterocycles. The fourth-order valence-electron chi connectivity index (χ4n) is 0.778. The lowest BCUT2D eigenvalue weighted by Gasteiger charge is -2.16. The third-order valence-corrected chi connectivity index (χ3v) is 1.70. The van der Waals surface area contributed by atoms with Gasteiger partial charge in [0.2, 0.25) is 18.1 Å². The van der Waals surface area contributed by atoms with Crippen LogP contribution < -0.4 is 16.4 Å². The Balaban J connectivity index is 4.10. The van der Waals surface area contributed by atoms with E-state index in [4.69, 9.17) is 5.73 Å². The molecule has 1 radical (unpaired) electrons. The van der Waals surface area contributed by atoms with Gasteiger partial charge in [0.1, 0.15) is 6.04 Å². The van der Waals surface area contributed by atoms with E-state index < -0.39 is 29.9 Å². The average molecular weight is 214 g/mol. The first-order valence-corrected chi connectivity index (χ1v) is 4.62. The molecule has 6 heteroatoms. The molecular formula is C9H16N3O3. The molecule has 0 saturated heterocycles. The molecule has 0 fully saturated rings. The summed E-state index contributed by atoms with van der Waals surface area (Å²) in [5.41, 5.74) is 5.31. The molecule has 0 rings (SSSR count). The van der Waals surface area contributed by atoms with Gasteiger partial charge in [-0.25, -0.2) is 0 Å². The summed E-state index contributed by atoms with van der Waals surface area (Å²) in [6.45, 7) is 4.51. The highest BCUT2D eigenvalue weighted by atomic mass is 16.2. The first-order chi connectivity index (χ1) is 6.88. The number of nitrogens with two attached hydrogens (primary N) is 1. The molecule has 2 amide bonds. The molecule has 0 heterocycles. The monoisotopic (exact) mass is 214 g/mol. The first kappa shape index (κ1) is 13.6. The van der Waals surface area contributed by atoms with Gasteiger partial charge in [-0.1, -0.05) is 0 Å². The quantitative estimate of drug-likeness (QED) is 0.516. The Labute approximate surface area is 88.6 Å². The number of hydrogen-bond donors (Lipinski definition) is 3. The van der Waals surface area contributed by atoms with E-state index in [1.165, 1.54) is 20.8 Å². The van der Waals surface area contributed by atoms with E-state index in [1.807, 2.05) is 0 Å². The third-order valence-electron chi connectivity index (χ3n) is 1.70. The van der Waals surface area contributed by atoms with Crippen molar-refractivity contribution in [2.45, 2.75) is 38.9 Å². The van der Waals surface area contributed by atoms with Crippen molar-refractivity contribution in [2.24, 2.45) is 5.73 Å². The second kappa shape index (κ2) is 6.13. The Kier molecular flexibility index (Phi) is 5.54. The fraction of sp³-hybridized carbons (Fsp3) is 0.667. The van der Waals surface area contributed by atoms with Gasteiger partial charge in [-0.2, -0.15) is 0 Å². The van der Waals surface area contributed by atoms with Gasteiger partial charge in [-0.3, -0.25) is 14.4 Å². The van der Waals surface area contributed by atoms with Crippen LogP contribution in [0.5, 0.6) is 0 Å². The molecule has 0 aliphatic rings. The van der Waals surface area contributed by atoms with E-state index in [1.54, 1.807) is 6.29 Å². The molecule has 0 aromatic heterocycles. The van der Waals surface area contributed by atoms with Gasteiger partial charge in [-0.05, 0) is 20.8 Å². The Hall–Kier alpha value is -1.43. The maximum absolute atomic E-state index is 11.3. The van der Waals surface area contributed by atoms with Crippen LogP contribution in [0.3, 0.4) is 0 Å². The number of rotatable bonds is 5. The van der Waals surface area contributed by atoms with E-state index in [9.17, 15) is 14.4 Å². The summed E-state index contributed by atoms with van der Waals surface area (Å²) in [5.74, 6) is -0.861. The van der Waals surface area contributed by atoms with Gasteiger partial charge < -0.3 is 16.4 Å². The van der Waals surface area contributed by atoms with Gasteiger partial charge in [0.25, 0.3) is 0 Å². The minimum atomic E-state index is -0.723. The molecule has 0 unspecified atom stereocenters. The lowest BCUT2D eigenvalue weighted by atomic mass is 10.2. The van der Waals surface area contributed by atoms with E-state index in [0.29, 0.717) is 0 Å². The van der Waals surface area contributed by atoms with Gasteiger partial charge in [0, 0.05) is 0 Å². The number of carbonyl (C=O) groups excluding carboxylic acids is 3. The fourth-order valence-corrected chi connectivity index (χ4v) is 0.778. The minimum absolute atomic E-state index is 0.416. The summed E-state index contributed by atoms with van der Waals surface area (Å²) >= 11 is 0. The number of hydrogen-bond acceptors (Lipinski definition) is 4. The Morgan fingerprint density at radius 2 is 1.67 bits per heavy atom. The number of amides is 2. The number of nitrogens with one attached hydrogen (secondary N) is 2. The van der Waals surface area contributed by atoms with E-state index in [-0.39, 0.29) is 0 Å². The average Bonchev–Trinajstić information content (AvgIpc) is 2.16. The standard InChI is InChI=1S/C9H16N3O3/c1-5(4-13)11-9(15)7(3)12-8(14)6(2)10/h5-7H,10H2,1-3H3,(H,11,15)(H,12,14)/t5-,6-,7-/m0/s1. The van der Waals surface area contributed by atoms with Crippen molar-refractivity contribution >= 4 is 18.1 Å². The molecular weight excluding hydrogens is 198 g/mol. The van der Waals surface area contributed by atoms with Crippen molar-refractivity contribution in [1.29, 1.82) is 0 Å². The first-order valence-electron chi connectivity index (χ1n) is 4.62. The van der Waals surface area contributed by atoms with E-state index >= 15 is 0 Å². The molecule has 0 aromatic carbocycles. The molecule has 4 N–H and O–H groups in total. The molecule has 0 saturated carbocycles. The molecule has 6 nitrogen and oxygen atoms in total. The van der Waals surface area contributed by atoms with Crippen LogP contribution in [-0.4, -0.2) is 36.2 Å². The normalized spacial score (nSPS) is 16.0. The summed E-state index contributed by atoms with van der Waals surface area (Å²) in [7, 11) is 0. The van der Waals surface area contributed by atoms with Crippen molar-refractivity contribution in [3.63, 3.8) is 0 Å². The zero-order chi connectivity index (χ0) is 12.0. The topological polar surface area (TPSA) is 101 Å². The van der Waals surface area contributed by atoms with Gasteiger partial charge in [0.05, 0.1) is 12.1 Å². The molecule has 15 heavy (non-hydrogen) atoms. The minimum Gasteiger partial charge on any atom is -0.344 e. The van der Waals surface area contributed by atoms with Crippen LogP contribution in [0.4, 0.5) is 0 Å². The van der Waals surface area contributed by atoms with Crippen LogP contribution >= 0.6 is 0 Å². The van der Waals surface area contributed by atoms with Crippen molar-refractivity contribution < 1.29 is 14.4 Å². The van der Waals surface area contributed by atoms with Crippen LogP contribution in [0.25, 0.3) is 0 Å². The summed E-state index contributed by atoms with van der Waals surface area (Å²) in [5, 5.41) is 4.76. The molecule has 0 aromatic rings. The maximum Gasteiger partial charge on any atom is 0.242 e. The Morgan fingerprint density at radius 1 is 1.13 bits per heavy atom. The molecule has 3 atom stereocenters. The zero-order valence-electron chi connectivity index (χ0n) is 9.03. The Bertz CT molecular complexity index is 253. The predicted molar refractivity (Wildman–Crippen MR) is 54.6 cm³/mol. The summed E-state index contributed by atoms with van der Waals surface area (Å²) in [4.78, 5) is 32.6. The van der Waals surface area contributed by atoms with Crippen LogP contribution in [-0.2, 0) is 14.4 Å². The molecule has 85 valence electrons. The smallest absolute Gasteiger partial charge is 0.242 e. The van der Waals surface area contributed by atoms with Gasteiger partial charge in [-0.15, -0.1) is 0 Å². The van der Waals surface area contributed by atoms with Crippen molar-refractivity contribution in [3.8, 4) is 0 Å². The third kappa shape index (κ3) is 5.11. The highest BCUT2D eigenvalue weighted by molar-refractivity contribution is 5.90. The second-order valence-corrected chi connectivity index (χ2v) is 3.37. The van der Waals surface area contributed by atoms with Crippen LogP contribution in [0.15, 0.2) is 0 Å². The Morgan fingerprint density at radius 3 is 2.07 bits per heavy atom. The highest BCUT2D eigenvalue weighted by Crippen LogP contribution is 1.86. The second-order valence-electron chi connectivity index (χ2n) is 3.37. The largest absolute Gasteiger partial charge is 0.344 e. The van der Waals surface area contributed by atoms with Crippen LogP contribution in [0, 0.1) is 0 Å². The van der Waals surface area contributed by atoms with Gasteiger partial charge in [0.15, 0.2) is 0 Å². The number of carbonyl (C=O) groups is 2. The SMILES string of the molecule is C[C@H](N)C(=O)N[C@@H](C)C(=O)N[C@@H](C)[C]=O. The zero-order valence-corrected chi connectivity index (χ0v) is 9.03. The summed E-state index contributed by atoms with van der Waals surface area (Å²) < 4.78 is 0. The van der Waals surface area contributed by atoms with E-state index in [2.05, 4.69) is 10.6 Å². The van der Waals surface area contributed by atoms with Crippen molar-refractivity contribution in [1.82, 2.24) is 10.6 Å². The van der Waals surface area contributed by atoms with Crippen LogP contribution in [0.1, 0.15) is 20.8 Å². The van der Waals surface area contributed by atoms with Crippen molar-refractivity contribution in [3.05, 3.63) is 0 Å². The molecule has 0 bridgehead atoms. The predicted octanol–water partition coefficient (Wildman–Crippen LogP) is -1.55. The lowest BCUT2D eigenvalue weighted by Crippen LogP contribution is -2.51. The lowest BCUT2D eigenvalue weighted by molar-refractivity contribution is -0.129. The highest BCUT2D eigenvalue weighted by Gasteiger charge is 2.18. The molecule has 0 aliphatic carbocycles. The van der Waals surface area contributed by atoms with Gasteiger partial charge >= 0.3 is 0 Å². The maximum atomic E-state index is 11.3. The van der Waals surface area contributed by atoms with E-state index in [0.717, 1.165) is 0 Å². The molecule has 0 spiro atoms. The summed E-state index contributed by atoms with van der Waals surface area (Å²) in [6.07, 6.45) is 1.61. The van der Waals surface area contributed by atoms with Crippen LogP contribution in [0.2, 0.25) is 0 Å². The summed E-state index contributed by atoms with van der Waals surface area (Å²) in [6, 6.07) is -2.08. The van der Waals surface area contributed by atoms with Crippen molar-refractivity contribution in [2.75, 3.05) is 0 Å².